The molecule has 0 radical (unpaired) electrons. The van der Waals surface area contributed by atoms with E-state index in [0.29, 0.717) is 17.4 Å². The van der Waals surface area contributed by atoms with Crippen molar-refractivity contribution < 1.29 is 4.39 Å². The van der Waals surface area contributed by atoms with Gasteiger partial charge in [0.1, 0.15) is 5.82 Å². The van der Waals surface area contributed by atoms with Crippen LogP contribution in [0, 0.1) is 5.82 Å². The smallest absolute Gasteiger partial charge is 0.233 e. The molecule has 0 saturated heterocycles. The molecule has 1 heterocycles. The minimum Gasteiger partial charge on any atom is -0.297 e. The van der Waals surface area contributed by atoms with Gasteiger partial charge in [0.15, 0.2) is 0 Å². The van der Waals surface area contributed by atoms with Gasteiger partial charge in [-0.1, -0.05) is 114 Å². The Morgan fingerprint density at radius 1 is 0.794 bits per heavy atom. The molecule has 166 valence electrons. The second kappa shape index (κ2) is 11.3. The summed E-state index contributed by atoms with van der Waals surface area (Å²) in [7, 11) is 0. The molecular formula is C29H23BClFN2. The summed E-state index contributed by atoms with van der Waals surface area (Å²) in [4.78, 5) is 4.15. The number of aromatic nitrogens is 2. The number of hydrogen-bond donors (Lipinski definition) is 0. The molecule has 0 bridgehead atoms. The second-order valence-electron chi connectivity index (χ2n) is 7.65. The maximum atomic E-state index is 13.1. The zero-order valence-electron chi connectivity index (χ0n) is 18.6. The monoisotopic (exact) mass is 464 g/mol. The molecule has 0 saturated carbocycles. The quantitative estimate of drug-likeness (QED) is 0.277. The van der Waals surface area contributed by atoms with Gasteiger partial charge in [0.2, 0.25) is 6.71 Å². The van der Waals surface area contributed by atoms with E-state index in [9.17, 15) is 4.39 Å². The molecule has 0 N–H and O–H groups in total. The van der Waals surface area contributed by atoms with Gasteiger partial charge in [-0.15, -0.1) is 12.6 Å². The lowest BCUT2D eigenvalue weighted by Crippen LogP contribution is -2.40. The van der Waals surface area contributed by atoms with Crippen LogP contribution in [-0.4, -0.2) is 16.3 Å². The molecule has 0 amide bonds. The first-order chi connectivity index (χ1) is 16.7. The zero-order chi connectivity index (χ0) is 23.8. The number of rotatable bonds is 5. The number of hydrogen-bond acceptors (Lipinski definition) is 1. The fraction of sp³-hybridized carbons (Fsp3) is 0. The molecule has 0 aliphatic rings. The molecule has 5 heteroatoms. The highest BCUT2D eigenvalue weighted by atomic mass is 35.5. The minimum absolute atomic E-state index is 0.299. The number of halogens is 2. The van der Waals surface area contributed by atoms with Gasteiger partial charge in [0.25, 0.3) is 0 Å². The lowest BCUT2D eigenvalue weighted by atomic mass is 9.41. The zero-order valence-corrected chi connectivity index (χ0v) is 19.3. The summed E-state index contributed by atoms with van der Waals surface area (Å²) in [6, 6.07) is 35.1. The van der Waals surface area contributed by atoms with Gasteiger partial charge in [-0.2, -0.15) is 0 Å². The Morgan fingerprint density at radius 3 is 1.88 bits per heavy atom. The lowest BCUT2D eigenvalue weighted by Gasteiger charge is -2.10. The fourth-order valence-electron chi connectivity index (χ4n) is 3.77. The van der Waals surface area contributed by atoms with Crippen LogP contribution in [0.1, 0.15) is 0 Å². The second-order valence-corrected chi connectivity index (χ2v) is 8.05. The predicted octanol–water partition coefficient (Wildman–Crippen LogP) is 6.35. The standard InChI is InChI=1S/C15H10ClFN2.C14H13B/c16-13-8-12(17)6-7-14(13)19-10-18-9-15(19)11-4-2-1-3-5-11;1-2-15(13-9-5-3-6-10-13)14-11-7-4-8-12-14/h1-10H;2-12H,1H2. The summed E-state index contributed by atoms with van der Waals surface area (Å²) in [6.45, 7) is 4.21. The molecule has 0 aliphatic heterocycles. The van der Waals surface area contributed by atoms with Crippen LogP contribution in [0.2, 0.25) is 5.02 Å². The van der Waals surface area contributed by atoms with E-state index in [0.717, 1.165) is 11.3 Å². The summed E-state index contributed by atoms with van der Waals surface area (Å²) < 4.78 is 14.9. The Labute approximate surface area is 205 Å². The molecule has 5 aromatic rings. The maximum Gasteiger partial charge on any atom is 0.233 e. The third-order valence-electron chi connectivity index (χ3n) is 5.43. The third-order valence-corrected chi connectivity index (χ3v) is 5.73. The van der Waals surface area contributed by atoms with Crippen molar-refractivity contribution in [2.24, 2.45) is 0 Å². The van der Waals surface area contributed by atoms with Gasteiger partial charge < -0.3 is 0 Å². The van der Waals surface area contributed by atoms with Gasteiger partial charge in [-0.3, -0.25) is 4.57 Å². The van der Waals surface area contributed by atoms with Crippen molar-refractivity contribution in [1.29, 1.82) is 0 Å². The number of benzene rings is 4. The topological polar surface area (TPSA) is 17.8 Å². The van der Waals surface area contributed by atoms with Crippen LogP contribution >= 0.6 is 11.6 Å². The molecule has 0 atom stereocenters. The van der Waals surface area contributed by atoms with Crippen molar-refractivity contribution >= 4 is 29.2 Å². The lowest BCUT2D eigenvalue weighted by molar-refractivity contribution is 0.627. The summed E-state index contributed by atoms with van der Waals surface area (Å²) in [5, 5.41) is 0.357. The van der Waals surface area contributed by atoms with E-state index in [-0.39, 0.29) is 5.82 Å². The van der Waals surface area contributed by atoms with Crippen LogP contribution in [0.3, 0.4) is 0 Å². The van der Waals surface area contributed by atoms with Crippen LogP contribution < -0.4 is 10.9 Å². The van der Waals surface area contributed by atoms with Crippen molar-refractivity contribution in [1.82, 2.24) is 9.55 Å². The van der Waals surface area contributed by atoms with E-state index < -0.39 is 0 Å². The molecule has 0 unspecified atom stereocenters. The molecular weight excluding hydrogens is 442 g/mol. The minimum atomic E-state index is -0.352. The summed E-state index contributed by atoms with van der Waals surface area (Å²) in [5.41, 5.74) is 5.23. The van der Waals surface area contributed by atoms with Gasteiger partial charge in [0, 0.05) is 5.56 Å². The van der Waals surface area contributed by atoms with Crippen LogP contribution in [0.25, 0.3) is 16.9 Å². The number of nitrogens with zero attached hydrogens (tertiary/aromatic N) is 2. The van der Waals surface area contributed by atoms with E-state index in [1.54, 1.807) is 18.6 Å². The van der Waals surface area contributed by atoms with Crippen LogP contribution in [-0.2, 0) is 0 Å². The molecule has 34 heavy (non-hydrogen) atoms. The molecule has 1 aromatic heterocycles. The van der Waals surface area contributed by atoms with Crippen LogP contribution in [0.15, 0.2) is 134 Å². The Balaban J connectivity index is 0.000000166. The van der Waals surface area contributed by atoms with Gasteiger partial charge in [0.05, 0.1) is 28.9 Å². The molecule has 4 aromatic carbocycles. The Kier molecular flexibility index (Phi) is 7.74. The van der Waals surface area contributed by atoms with Crippen molar-refractivity contribution in [3.8, 4) is 16.9 Å². The maximum absolute atomic E-state index is 13.1. The first kappa shape index (κ1) is 23.3. The summed E-state index contributed by atoms with van der Waals surface area (Å²) >= 11 is 6.09. The van der Waals surface area contributed by atoms with E-state index >= 15 is 0 Å². The molecule has 0 fully saturated rings. The van der Waals surface area contributed by atoms with Crippen molar-refractivity contribution in [3.05, 3.63) is 145 Å². The average Bonchev–Trinajstić information content (AvgIpc) is 3.36. The third kappa shape index (κ3) is 5.53. The van der Waals surface area contributed by atoms with E-state index in [1.165, 1.54) is 23.1 Å². The fourth-order valence-corrected chi connectivity index (χ4v) is 4.03. The highest BCUT2D eigenvalue weighted by Gasteiger charge is 2.13. The largest absolute Gasteiger partial charge is 0.297 e. The molecule has 0 aliphatic carbocycles. The van der Waals surface area contributed by atoms with Crippen molar-refractivity contribution in [3.63, 3.8) is 0 Å². The number of imidazole rings is 1. The van der Waals surface area contributed by atoms with E-state index in [1.807, 2.05) is 53.0 Å². The van der Waals surface area contributed by atoms with Gasteiger partial charge >= 0.3 is 0 Å². The highest BCUT2D eigenvalue weighted by molar-refractivity contribution is 6.89. The Hall–Kier alpha value is -3.89. The molecule has 2 nitrogen and oxygen atoms in total. The first-order valence-corrected chi connectivity index (χ1v) is 11.3. The predicted molar refractivity (Wildman–Crippen MR) is 142 cm³/mol. The van der Waals surface area contributed by atoms with Crippen molar-refractivity contribution in [2.75, 3.05) is 0 Å². The van der Waals surface area contributed by atoms with Gasteiger partial charge in [-0.25, -0.2) is 9.37 Å². The Bertz CT molecular complexity index is 1300. The SMILES string of the molecule is C=CB(c1ccccc1)c1ccccc1.Fc1ccc(-n2cncc2-c2ccccc2)c(Cl)c1. The average molecular weight is 465 g/mol. The van der Waals surface area contributed by atoms with Crippen molar-refractivity contribution in [2.45, 2.75) is 0 Å². The normalized spacial score (nSPS) is 10.2. The first-order valence-electron chi connectivity index (χ1n) is 10.9. The van der Waals surface area contributed by atoms with Gasteiger partial charge in [-0.05, 0) is 18.2 Å². The Morgan fingerprint density at radius 2 is 1.35 bits per heavy atom. The molecule has 0 spiro atoms. The highest BCUT2D eigenvalue weighted by Crippen LogP contribution is 2.27. The molecule has 5 rings (SSSR count). The van der Waals surface area contributed by atoms with Crippen LogP contribution in [0.4, 0.5) is 4.39 Å². The van der Waals surface area contributed by atoms with E-state index in [4.69, 9.17) is 11.6 Å². The van der Waals surface area contributed by atoms with E-state index in [2.05, 4.69) is 60.1 Å². The summed E-state index contributed by atoms with van der Waals surface area (Å²) in [5.74, 6) is 1.64. The summed E-state index contributed by atoms with van der Waals surface area (Å²) in [6.07, 6.45) is 3.43. The van der Waals surface area contributed by atoms with Crippen LogP contribution in [0.5, 0.6) is 0 Å².